The lowest BCUT2D eigenvalue weighted by Crippen LogP contribution is -2.59. The Morgan fingerprint density at radius 1 is 0.967 bits per heavy atom. The number of fused-ring (bicyclic) bond motifs is 5. The molecular weight excluding hydrogens is 372 g/mol. The summed E-state index contributed by atoms with van der Waals surface area (Å²) in [5.74, 6) is 4.41. The van der Waals surface area contributed by atoms with Crippen LogP contribution in [0.5, 0.6) is 0 Å². The Hall–Kier alpha value is -0.410. The van der Waals surface area contributed by atoms with Crippen LogP contribution in [0.2, 0.25) is 0 Å². The van der Waals surface area contributed by atoms with Crippen LogP contribution in [-0.2, 0) is 4.79 Å². The van der Waals surface area contributed by atoms with Crippen molar-refractivity contribution in [2.24, 2.45) is 52.3 Å². The van der Waals surface area contributed by atoms with Gasteiger partial charge in [-0.1, -0.05) is 53.9 Å². The molecule has 0 amide bonds. The monoisotopic (exact) mass is 418 g/mol. The van der Waals surface area contributed by atoms with Crippen LogP contribution < -0.4 is 0 Å². The maximum absolute atomic E-state index is 13.3. The van der Waals surface area contributed by atoms with Crippen LogP contribution in [0.3, 0.4) is 0 Å². The van der Waals surface area contributed by atoms with Crippen molar-refractivity contribution in [2.75, 3.05) is 0 Å². The van der Waals surface area contributed by atoms with Crippen molar-refractivity contribution in [3.63, 3.8) is 0 Å². The van der Waals surface area contributed by atoms with Gasteiger partial charge in [0, 0.05) is 12.3 Å². The molecule has 30 heavy (non-hydrogen) atoms. The van der Waals surface area contributed by atoms with Crippen molar-refractivity contribution < 1.29 is 15.0 Å². The normalized spacial score (nSPS) is 49.5. The molecule has 10 atom stereocenters. The Bertz CT molecular complexity index is 644. The third kappa shape index (κ3) is 3.60. The molecule has 4 saturated carbocycles. The number of carbonyl (C=O) groups excluding carboxylic acids is 1. The zero-order valence-corrected chi connectivity index (χ0v) is 20.1. The number of rotatable bonds is 5. The molecule has 4 aliphatic carbocycles. The quantitative estimate of drug-likeness (QED) is 0.609. The predicted octanol–water partition coefficient (Wildman–Crippen LogP) is 5.62. The van der Waals surface area contributed by atoms with Crippen LogP contribution in [0.1, 0.15) is 98.8 Å². The van der Waals surface area contributed by atoms with Crippen LogP contribution in [0.15, 0.2) is 0 Å². The zero-order chi connectivity index (χ0) is 21.8. The first-order chi connectivity index (χ1) is 14.1. The Balaban J connectivity index is 1.52. The first kappa shape index (κ1) is 22.8. The molecular formula is C27H46O3. The molecule has 3 heteroatoms. The van der Waals surface area contributed by atoms with Crippen LogP contribution in [0, 0.1) is 52.3 Å². The van der Waals surface area contributed by atoms with Gasteiger partial charge in [-0.25, -0.2) is 0 Å². The number of ketones is 1. The minimum Gasteiger partial charge on any atom is -0.390 e. The van der Waals surface area contributed by atoms with Crippen molar-refractivity contribution in [1.29, 1.82) is 0 Å². The van der Waals surface area contributed by atoms with Gasteiger partial charge in [-0.15, -0.1) is 0 Å². The van der Waals surface area contributed by atoms with Crippen molar-refractivity contribution in [3.8, 4) is 0 Å². The summed E-state index contributed by atoms with van der Waals surface area (Å²) in [6, 6.07) is 0. The predicted molar refractivity (Wildman–Crippen MR) is 121 cm³/mol. The van der Waals surface area contributed by atoms with E-state index < -0.39 is 12.2 Å². The summed E-state index contributed by atoms with van der Waals surface area (Å²) >= 11 is 0. The molecule has 0 radical (unpaired) electrons. The van der Waals surface area contributed by atoms with E-state index in [0.717, 1.165) is 24.2 Å². The summed E-state index contributed by atoms with van der Waals surface area (Å²) in [5, 5.41) is 20.7. The zero-order valence-electron chi connectivity index (χ0n) is 20.1. The molecule has 4 rings (SSSR count). The number of aliphatic hydroxyl groups is 2. The van der Waals surface area contributed by atoms with E-state index in [1.807, 2.05) is 0 Å². The molecule has 4 fully saturated rings. The highest BCUT2D eigenvalue weighted by Crippen LogP contribution is 2.67. The summed E-state index contributed by atoms with van der Waals surface area (Å²) in [6.07, 6.45) is 9.56. The van der Waals surface area contributed by atoms with Gasteiger partial charge in [0.25, 0.3) is 0 Å². The fourth-order valence-corrected chi connectivity index (χ4v) is 9.10. The average molecular weight is 419 g/mol. The van der Waals surface area contributed by atoms with Gasteiger partial charge >= 0.3 is 0 Å². The molecule has 0 aromatic rings. The third-order valence-electron chi connectivity index (χ3n) is 10.7. The number of aliphatic hydroxyl groups excluding tert-OH is 2. The lowest BCUT2D eigenvalue weighted by molar-refractivity contribution is -0.173. The van der Waals surface area contributed by atoms with Crippen LogP contribution in [-0.4, -0.2) is 28.2 Å². The summed E-state index contributed by atoms with van der Waals surface area (Å²) in [4.78, 5) is 13.3. The fourth-order valence-electron chi connectivity index (χ4n) is 9.10. The smallest absolute Gasteiger partial charge is 0.136 e. The van der Waals surface area contributed by atoms with E-state index in [1.54, 1.807) is 0 Å². The Labute approximate surface area is 184 Å². The minimum absolute atomic E-state index is 0.0475. The van der Waals surface area contributed by atoms with Crippen molar-refractivity contribution >= 4 is 5.78 Å². The largest absolute Gasteiger partial charge is 0.390 e. The minimum atomic E-state index is -0.722. The Morgan fingerprint density at radius 3 is 2.37 bits per heavy atom. The van der Waals surface area contributed by atoms with Crippen molar-refractivity contribution in [1.82, 2.24) is 0 Å². The van der Waals surface area contributed by atoms with E-state index in [1.165, 1.54) is 44.9 Å². The second-order valence-corrected chi connectivity index (χ2v) is 12.7. The third-order valence-corrected chi connectivity index (χ3v) is 10.7. The standard InChI is InChI=1S/C27H46O3/c1-16(2)7-6-8-17(3)19-9-10-20-18-13-23(28)22-14-24(29)25(30)15-27(22,5)21(18)11-12-26(19,20)4/h16-22,24-25,29-30H,6-15H2,1-5H3/t17-,18+,19-,20+,21+,22+,24-,25+,26-,27-/m1/s1. The molecule has 0 spiro atoms. The van der Waals surface area contributed by atoms with Gasteiger partial charge in [-0.2, -0.15) is 0 Å². The van der Waals surface area contributed by atoms with Gasteiger partial charge in [0.2, 0.25) is 0 Å². The van der Waals surface area contributed by atoms with E-state index >= 15 is 0 Å². The second-order valence-electron chi connectivity index (χ2n) is 12.7. The Morgan fingerprint density at radius 2 is 1.67 bits per heavy atom. The maximum atomic E-state index is 13.3. The molecule has 172 valence electrons. The average Bonchev–Trinajstić information content (AvgIpc) is 3.01. The Kier molecular flexibility index (Phi) is 6.21. The van der Waals surface area contributed by atoms with E-state index in [9.17, 15) is 15.0 Å². The maximum Gasteiger partial charge on any atom is 0.136 e. The van der Waals surface area contributed by atoms with Gasteiger partial charge < -0.3 is 10.2 Å². The molecule has 0 bridgehead atoms. The molecule has 4 aliphatic rings. The van der Waals surface area contributed by atoms with E-state index in [-0.39, 0.29) is 11.3 Å². The number of carbonyl (C=O) groups is 1. The number of hydrogen-bond donors (Lipinski definition) is 2. The topological polar surface area (TPSA) is 57.5 Å². The molecule has 0 aliphatic heterocycles. The summed E-state index contributed by atoms with van der Waals surface area (Å²) in [6.45, 7) is 12.0. The molecule has 2 N–H and O–H groups in total. The van der Waals surface area contributed by atoms with E-state index in [2.05, 4.69) is 34.6 Å². The summed E-state index contributed by atoms with van der Waals surface area (Å²) in [7, 11) is 0. The van der Waals surface area contributed by atoms with Crippen molar-refractivity contribution in [2.45, 2.75) is 111 Å². The highest BCUT2D eigenvalue weighted by Gasteiger charge is 2.63. The molecule has 3 nitrogen and oxygen atoms in total. The first-order valence-electron chi connectivity index (χ1n) is 13.0. The highest BCUT2D eigenvalue weighted by atomic mass is 16.3. The van der Waals surface area contributed by atoms with Gasteiger partial charge in [-0.05, 0) is 84.9 Å². The second kappa shape index (κ2) is 8.18. The van der Waals surface area contributed by atoms with Gasteiger partial charge in [0.15, 0.2) is 0 Å². The summed E-state index contributed by atoms with van der Waals surface area (Å²) < 4.78 is 0. The van der Waals surface area contributed by atoms with Crippen LogP contribution >= 0.6 is 0 Å². The van der Waals surface area contributed by atoms with E-state index in [4.69, 9.17) is 0 Å². The van der Waals surface area contributed by atoms with Crippen LogP contribution in [0.4, 0.5) is 0 Å². The molecule has 0 aromatic heterocycles. The highest BCUT2D eigenvalue weighted by molar-refractivity contribution is 5.83. The lowest BCUT2D eigenvalue weighted by atomic mass is 9.44. The van der Waals surface area contributed by atoms with Crippen LogP contribution in [0.25, 0.3) is 0 Å². The molecule has 0 unspecified atom stereocenters. The molecule has 0 heterocycles. The summed E-state index contributed by atoms with van der Waals surface area (Å²) in [5.41, 5.74) is 0.260. The van der Waals surface area contributed by atoms with Crippen molar-refractivity contribution in [3.05, 3.63) is 0 Å². The first-order valence-corrected chi connectivity index (χ1v) is 13.0. The fraction of sp³-hybridized carbons (Fsp3) is 0.963. The van der Waals surface area contributed by atoms with Gasteiger partial charge in [-0.3, -0.25) is 4.79 Å². The molecule has 0 aromatic carbocycles. The van der Waals surface area contributed by atoms with E-state index in [0.29, 0.717) is 41.8 Å². The SMILES string of the molecule is CC(C)CCC[C@@H](C)[C@H]1CC[C@H]2[C@@H]3CC(=O)[C@@H]4C[C@@H](O)[C@@H](O)C[C@]4(C)[C@H]3CC[C@]12C. The number of hydrogen-bond acceptors (Lipinski definition) is 3. The number of Topliss-reactive ketones (excluding diaryl/α,β-unsaturated/α-hetero) is 1. The lowest BCUT2D eigenvalue weighted by Gasteiger charge is -2.61. The van der Waals surface area contributed by atoms with Gasteiger partial charge in [0.05, 0.1) is 12.2 Å². The van der Waals surface area contributed by atoms with Gasteiger partial charge in [0.1, 0.15) is 5.78 Å². The molecule has 0 saturated heterocycles.